The first-order chi connectivity index (χ1) is 5.52. The minimum Gasteiger partial charge on any atom is -0.392 e. The van der Waals surface area contributed by atoms with E-state index in [9.17, 15) is 4.79 Å². The third-order valence-corrected chi connectivity index (χ3v) is 1.55. The van der Waals surface area contributed by atoms with Crippen LogP contribution in [0.15, 0.2) is 0 Å². The Kier molecular flexibility index (Phi) is 5.62. The van der Waals surface area contributed by atoms with Gasteiger partial charge < -0.3 is 11.1 Å². The van der Waals surface area contributed by atoms with Crippen LogP contribution >= 0.6 is 12.2 Å². The van der Waals surface area contributed by atoms with Gasteiger partial charge in [-0.15, -0.1) is 0 Å². The van der Waals surface area contributed by atoms with Gasteiger partial charge in [0.2, 0.25) is 5.91 Å². The molecule has 0 spiro atoms. The predicted molar refractivity (Wildman–Crippen MR) is 53.9 cm³/mol. The normalized spacial score (nSPS) is 9.92. The molecule has 0 bridgehead atoms. The van der Waals surface area contributed by atoms with E-state index in [-0.39, 0.29) is 5.91 Å². The van der Waals surface area contributed by atoms with Gasteiger partial charge in [-0.25, -0.2) is 0 Å². The molecule has 3 N–H and O–H groups in total. The molecule has 0 aliphatic rings. The first-order valence-corrected chi connectivity index (χ1v) is 4.48. The van der Waals surface area contributed by atoms with E-state index in [0.29, 0.717) is 23.9 Å². The lowest BCUT2D eigenvalue weighted by molar-refractivity contribution is -0.121. The number of hydrogen-bond acceptors (Lipinski definition) is 2. The molecule has 0 saturated heterocycles. The van der Waals surface area contributed by atoms with Crippen molar-refractivity contribution in [3.8, 4) is 0 Å². The molecule has 0 aliphatic carbocycles. The van der Waals surface area contributed by atoms with Gasteiger partial charge in [-0.05, 0) is 12.3 Å². The fourth-order valence-corrected chi connectivity index (χ4v) is 0.766. The van der Waals surface area contributed by atoms with E-state index in [1.54, 1.807) is 0 Å². The number of hydrogen-bond donors (Lipinski definition) is 2. The summed E-state index contributed by atoms with van der Waals surface area (Å²) in [5, 5.41) is 2.63. The highest BCUT2D eigenvalue weighted by atomic mass is 32.1. The third-order valence-electron chi connectivity index (χ3n) is 1.41. The second-order valence-electron chi connectivity index (χ2n) is 3.18. The maximum atomic E-state index is 11.0. The van der Waals surface area contributed by atoms with Crippen LogP contribution in [0, 0.1) is 5.92 Å². The molecule has 3 nitrogen and oxygen atoms in total. The summed E-state index contributed by atoms with van der Waals surface area (Å²) in [7, 11) is 0. The lowest BCUT2D eigenvalue weighted by Gasteiger charge is -2.05. The highest BCUT2D eigenvalue weighted by Crippen LogP contribution is 2.02. The Morgan fingerprint density at radius 1 is 1.58 bits per heavy atom. The number of thiocarbonyl (C=S) groups is 1. The second-order valence-corrected chi connectivity index (χ2v) is 3.70. The Balaban J connectivity index is 3.40. The SMILES string of the molecule is CC(C)CCC(=O)NCC(N)=S. The summed E-state index contributed by atoms with van der Waals surface area (Å²) in [6, 6.07) is 0. The van der Waals surface area contributed by atoms with Crippen molar-refractivity contribution in [3.63, 3.8) is 0 Å². The number of amides is 1. The average Bonchev–Trinajstić information content (AvgIpc) is 1.96. The zero-order chi connectivity index (χ0) is 9.56. The monoisotopic (exact) mass is 188 g/mol. The topological polar surface area (TPSA) is 55.1 Å². The predicted octanol–water partition coefficient (Wildman–Crippen LogP) is 0.825. The van der Waals surface area contributed by atoms with E-state index >= 15 is 0 Å². The molecule has 0 fully saturated rings. The van der Waals surface area contributed by atoms with Gasteiger partial charge >= 0.3 is 0 Å². The summed E-state index contributed by atoms with van der Waals surface area (Å²) in [5.74, 6) is 0.581. The smallest absolute Gasteiger partial charge is 0.220 e. The Bertz CT molecular complexity index is 168. The van der Waals surface area contributed by atoms with Crippen LogP contribution in [0.2, 0.25) is 0 Å². The van der Waals surface area contributed by atoms with Crippen molar-refractivity contribution in [2.24, 2.45) is 11.7 Å². The molecule has 0 aromatic rings. The van der Waals surface area contributed by atoms with Crippen LogP contribution < -0.4 is 11.1 Å². The zero-order valence-electron chi connectivity index (χ0n) is 7.59. The van der Waals surface area contributed by atoms with E-state index in [4.69, 9.17) is 5.73 Å². The molecule has 0 unspecified atom stereocenters. The fourth-order valence-electron chi connectivity index (χ4n) is 0.694. The first-order valence-electron chi connectivity index (χ1n) is 4.07. The van der Waals surface area contributed by atoms with Crippen molar-refractivity contribution in [3.05, 3.63) is 0 Å². The first kappa shape index (κ1) is 11.4. The van der Waals surface area contributed by atoms with Gasteiger partial charge in [-0.1, -0.05) is 26.1 Å². The number of nitrogens with one attached hydrogen (secondary N) is 1. The summed E-state index contributed by atoms with van der Waals surface area (Å²) in [4.78, 5) is 11.4. The van der Waals surface area contributed by atoms with E-state index in [0.717, 1.165) is 6.42 Å². The minimum absolute atomic E-state index is 0.0245. The van der Waals surface area contributed by atoms with Crippen molar-refractivity contribution in [2.45, 2.75) is 26.7 Å². The quantitative estimate of drug-likeness (QED) is 0.628. The van der Waals surface area contributed by atoms with Crippen LogP contribution in [-0.4, -0.2) is 17.4 Å². The summed E-state index contributed by atoms with van der Waals surface area (Å²) >= 11 is 4.61. The highest BCUT2D eigenvalue weighted by Gasteiger charge is 2.02. The van der Waals surface area contributed by atoms with Crippen LogP contribution in [0.25, 0.3) is 0 Å². The van der Waals surface area contributed by atoms with Gasteiger partial charge in [0.25, 0.3) is 0 Å². The van der Waals surface area contributed by atoms with Crippen LogP contribution in [0.3, 0.4) is 0 Å². The molecule has 0 atom stereocenters. The lowest BCUT2D eigenvalue weighted by atomic mass is 10.1. The molecule has 4 heteroatoms. The lowest BCUT2D eigenvalue weighted by Crippen LogP contribution is -2.32. The molecule has 0 heterocycles. The van der Waals surface area contributed by atoms with Gasteiger partial charge in [0.05, 0.1) is 11.5 Å². The van der Waals surface area contributed by atoms with Crippen molar-refractivity contribution in [1.29, 1.82) is 0 Å². The molecule has 0 radical (unpaired) electrons. The summed E-state index contributed by atoms with van der Waals surface area (Å²) in [5.41, 5.74) is 5.21. The maximum Gasteiger partial charge on any atom is 0.220 e. The Hall–Kier alpha value is -0.640. The maximum absolute atomic E-state index is 11.0. The molecular formula is C8H16N2OS. The molecule has 1 amide bonds. The summed E-state index contributed by atoms with van der Waals surface area (Å²) in [6.45, 7) is 4.48. The van der Waals surface area contributed by atoms with Gasteiger partial charge in [0.1, 0.15) is 0 Å². The van der Waals surface area contributed by atoms with Crippen molar-refractivity contribution in [1.82, 2.24) is 5.32 Å². The van der Waals surface area contributed by atoms with Gasteiger partial charge in [-0.3, -0.25) is 4.79 Å². The standard InChI is InChI=1S/C8H16N2OS/c1-6(2)3-4-8(11)10-5-7(9)12/h6H,3-5H2,1-2H3,(H2,9,12)(H,10,11). The molecule has 0 aromatic heterocycles. The summed E-state index contributed by atoms with van der Waals surface area (Å²) in [6.07, 6.45) is 1.46. The van der Waals surface area contributed by atoms with Crippen LogP contribution in [-0.2, 0) is 4.79 Å². The molecule has 0 aromatic carbocycles. The van der Waals surface area contributed by atoms with E-state index in [1.165, 1.54) is 0 Å². The van der Waals surface area contributed by atoms with Crippen LogP contribution in [0.4, 0.5) is 0 Å². The number of rotatable bonds is 5. The van der Waals surface area contributed by atoms with Crippen molar-refractivity contribution < 1.29 is 4.79 Å². The van der Waals surface area contributed by atoms with Gasteiger partial charge in [-0.2, -0.15) is 0 Å². The summed E-state index contributed by atoms with van der Waals surface area (Å²) < 4.78 is 0. The Labute approximate surface area is 78.7 Å². The number of carbonyl (C=O) groups excluding carboxylic acids is 1. The number of carbonyl (C=O) groups is 1. The third kappa shape index (κ3) is 7.47. The van der Waals surface area contributed by atoms with E-state index in [1.807, 2.05) is 0 Å². The molecule has 0 saturated carbocycles. The minimum atomic E-state index is 0.0245. The van der Waals surface area contributed by atoms with Gasteiger partial charge in [0.15, 0.2) is 0 Å². The average molecular weight is 188 g/mol. The zero-order valence-corrected chi connectivity index (χ0v) is 8.41. The molecule has 0 rings (SSSR count). The highest BCUT2D eigenvalue weighted by molar-refractivity contribution is 7.80. The molecule has 12 heavy (non-hydrogen) atoms. The molecule has 0 aliphatic heterocycles. The largest absolute Gasteiger partial charge is 0.392 e. The van der Waals surface area contributed by atoms with Crippen molar-refractivity contribution >= 4 is 23.1 Å². The van der Waals surface area contributed by atoms with E-state index < -0.39 is 0 Å². The van der Waals surface area contributed by atoms with Crippen molar-refractivity contribution in [2.75, 3.05) is 6.54 Å². The second kappa shape index (κ2) is 5.94. The van der Waals surface area contributed by atoms with Crippen LogP contribution in [0.1, 0.15) is 26.7 Å². The molecule has 70 valence electrons. The van der Waals surface area contributed by atoms with E-state index in [2.05, 4.69) is 31.4 Å². The fraction of sp³-hybridized carbons (Fsp3) is 0.750. The Morgan fingerprint density at radius 3 is 2.58 bits per heavy atom. The molecular weight excluding hydrogens is 172 g/mol. The number of nitrogens with two attached hydrogens (primary N) is 1. The van der Waals surface area contributed by atoms with Crippen LogP contribution in [0.5, 0.6) is 0 Å². The Morgan fingerprint density at radius 2 is 2.17 bits per heavy atom. The van der Waals surface area contributed by atoms with Gasteiger partial charge in [0, 0.05) is 6.42 Å².